The molecule has 0 aromatic heterocycles. The van der Waals surface area contributed by atoms with Gasteiger partial charge in [-0.25, -0.2) is 0 Å². The van der Waals surface area contributed by atoms with Crippen molar-refractivity contribution in [3.63, 3.8) is 0 Å². The largest absolute Gasteiger partial charge is 0.288 e. The highest BCUT2D eigenvalue weighted by molar-refractivity contribution is 8.13. The van der Waals surface area contributed by atoms with E-state index in [0.717, 1.165) is 5.57 Å². The molecule has 0 spiro atoms. The summed E-state index contributed by atoms with van der Waals surface area (Å²) in [5.74, 6) is 0.711. The van der Waals surface area contributed by atoms with E-state index in [1.807, 2.05) is 26.0 Å². The minimum absolute atomic E-state index is 0.143. The molecule has 0 amide bonds. The summed E-state index contributed by atoms with van der Waals surface area (Å²) in [4.78, 5) is 10.7. The highest BCUT2D eigenvalue weighted by Gasteiger charge is 1.95. The second-order valence-corrected chi connectivity index (χ2v) is 4.12. The van der Waals surface area contributed by atoms with E-state index >= 15 is 0 Å². The van der Waals surface area contributed by atoms with Crippen LogP contribution in [0.4, 0.5) is 0 Å². The molecule has 0 rings (SSSR count). The summed E-state index contributed by atoms with van der Waals surface area (Å²) < 4.78 is 0. The van der Waals surface area contributed by atoms with Gasteiger partial charge >= 0.3 is 0 Å². The smallest absolute Gasteiger partial charge is 0.186 e. The van der Waals surface area contributed by atoms with E-state index in [-0.39, 0.29) is 5.12 Å². The Bertz CT molecular complexity index is 245. The molecule has 0 saturated carbocycles. The van der Waals surface area contributed by atoms with Gasteiger partial charge in [-0.1, -0.05) is 42.1 Å². The van der Waals surface area contributed by atoms with Crippen LogP contribution < -0.4 is 0 Å². The maximum atomic E-state index is 10.7. The fourth-order valence-electron chi connectivity index (χ4n) is 0.634. The topological polar surface area (TPSA) is 17.1 Å². The van der Waals surface area contributed by atoms with Crippen molar-refractivity contribution < 1.29 is 4.79 Å². The van der Waals surface area contributed by atoms with Crippen LogP contribution in [-0.4, -0.2) is 10.9 Å². The Morgan fingerprint density at radius 1 is 1.31 bits per heavy atom. The SMILES string of the molecule is C=C/C(=C\C=C(C)C)CSC(C)=O. The first-order chi connectivity index (χ1) is 6.06. The van der Waals surface area contributed by atoms with E-state index in [2.05, 4.69) is 6.58 Å². The zero-order chi connectivity index (χ0) is 10.3. The van der Waals surface area contributed by atoms with Gasteiger partial charge in [-0.05, 0) is 19.4 Å². The number of hydrogen-bond donors (Lipinski definition) is 0. The number of hydrogen-bond acceptors (Lipinski definition) is 2. The summed E-state index contributed by atoms with van der Waals surface area (Å²) >= 11 is 1.31. The van der Waals surface area contributed by atoms with Crippen LogP contribution in [0.5, 0.6) is 0 Å². The monoisotopic (exact) mass is 196 g/mol. The lowest BCUT2D eigenvalue weighted by Crippen LogP contribution is -1.88. The van der Waals surface area contributed by atoms with Crippen molar-refractivity contribution in [2.24, 2.45) is 0 Å². The van der Waals surface area contributed by atoms with Gasteiger partial charge in [-0.3, -0.25) is 4.79 Å². The Morgan fingerprint density at radius 2 is 1.92 bits per heavy atom. The van der Waals surface area contributed by atoms with Crippen LogP contribution in [0.1, 0.15) is 20.8 Å². The van der Waals surface area contributed by atoms with Crippen molar-refractivity contribution in [3.8, 4) is 0 Å². The number of carbonyl (C=O) groups excluding carboxylic acids is 1. The maximum absolute atomic E-state index is 10.7. The average Bonchev–Trinajstić information content (AvgIpc) is 2.04. The van der Waals surface area contributed by atoms with E-state index in [9.17, 15) is 4.79 Å². The fraction of sp³-hybridized carbons (Fsp3) is 0.364. The fourth-order valence-corrected chi connectivity index (χ4v) is 1.22. The Labute approximate surface area is 84.6 Å². The van der Waals surface area contributed by atoms with Gasteiger partial charge in [0.15, 0.2) is 5.12 Å². The highest BCUT2D eigenvalue weighted by Crippen LogP contribution is 2.10. The second kappa shape index (κ2) is 6.72. The maximum Gasteiger partial charge on any atom is 0.186 e. The predicted molar refractivity (Wildman–Crippen MR) is 60.9 cm³/mol. The Hall–Kier alpha value is -0.760. The summed E-state index contributed by atoms with van der Waals surface area (Å²) in [5.41, 5.74) is 2.33. The lowest BCUT2D eigenvalue weighted by atomic mass is 10.2. The van der Waals surface area contributed by atoms with Crippen molar-refractivity contribution in [2.75, 3.05) is 5.75 Å². The molecule has 72 valence electrons. The van der Waals surface area contributed by atoms with Gasteiger partial charge < -0.3 is 0 Å². The molecule has 0 aromatic rings. The van der Waals surface area contributed by atoms with E-state index in [1.54, 1.807) is 13.0 Å². The summed E-state index contributed by atoms with van der Waals surface area (Å²) in [6.45, 7) is 9.34. The van der Waals surface area contributed by atoms with E-state index in [4.69, 9.17) is 0 Å². The molecule has 0 N–H and O–H groups in total. The van der Waals surface area contributed by atoms with Crippen molar-refractivity contribution in [1.82, 2.24) is 0 Å². The molecular formula is C11H16OS. The van der Waals surface area contributed by atoms with Gasteiger partial charge in [0.1, 0.15) is 0 Å². The summed E-state index contributed by atoms with van der Waals surface area (Å²) in [6.07, 6.45) is 5.81. The molecule has 0 aromatic carbocycles. The molecular weight excluding hydrogens is 180 g/mol. The van der Waals surface area contributed by atoms with Crippen LogP contribution in [-0.2, 0) is 4.79 Å². The van der Waals surface area contributed by atoms with Crippen molar-refractivity contribution in [3.05, 3.63) is 36.0 Å². The standard InChI is InChI=1S/C11H16OS/c1-5-11(7-6-9(2)3)8-13-10(4)12/h5-7H,1,8H2,2-4H3/b11-7+. The molecule has 13 heavy (non-hydrogen) atoms. The normalized spacial score (nSPS) is 10.8. The molecule has 2 heteroatoms. The van der Waals surface area contributed by atoms with Crippen LogP contribution in [0.15, 0.2) is 36.0 Å². The number of rotatable bonds is 4. The third-order valence-electron chi connectivity index (χ3n) is 1.34. The molecule has 0 aliphatic heterocycles. The molecule has 0 saturated heterocycles. The van der Waals surface area contributed by atoms with Gasteiger partial charge in [0.05, 0.1) is 0 Å². The lowest BCUT2D eigenvalue weighted by molar-refractivity contribution is -0.109. The van der Waals surface area contributed by atoms with Gasteiger partial charge in [-0.15, -0.1) is 0 Å². The van der Waals surface area contributed by atoms with Crippen molar-refractivity contribution in [2.45, 2.75) is 20.8 Å². The molecule has 0 radical (unpaired) electrons. The van der Waals surface area contributed by atoms with Crippen molar-refractivity contribution >= 4 is 16.9 Å². The minimum Gasteiger partial charge on any atom is -0.288 e. The third kappa shape index (κ3) is 7.60. The Morgan fingerprint density at radius 3 is 2.31 bits per heavy atom. The van der Waals surface area contributed by atoms with E-state index in [0.29, 0.717) is 5.75 Å². The van der Waals surface area contributed by atoms with Crippen LogP contribution in [0.2, 0.25) is 0 Å². The van der Waals surface area contributed by atoms with Crippen LogP contribution in [0, 0.1) is 0 Å². The molecule has 1 nitrogen and oxygen atoms in total. The van der Waals surface area contributed by atoms with Crippen molar-refractivity contribution in [1.29, 1.82) is 0 Å². The van der Waals surface area contributed by atoms with E-state index < -0.39 is 0 Å². The van der Waals surface area contributed by atoms with E-state index in [1.165, 1.54) is 17.3 Å². The first kappa shape index (κ1) is 12.2. The van der Waals surface area contributed by atoms with Crippen LogP contribution in [0.3, 0.4) is 0 Å². The van der Waals surface area contributed by atoms with Gasteiger partial charge in [0, 0.05) is 12.7 Å². The molecule has 0 heterocycles. The second-order valence-electron chi connectivity index (χ2n) is 2.97. The summed E-state index contributed by atoms with van der Waals surface area (Å²) in [7, 11) is 0. The zero-order valence-corrected chi connectivity index (χ0v) is 9.28. The summed E-state index contributed by atoms with van der Waals surface area (Å²) in [6, 6.07) is 0. The number of allylic oxidation sites excluding steroid dienone is 4. The molecule has 0 unspecified atom stereocenters. The Balaban J connectivity index is 4.18. The minimum atomic E-state index is 0.143. The molecule has 0 bridgehead atoms. The number of thioether (sulfide) groups is 1. The quantitative estimate of drug-likeness (QED) is 0.641. The lowest BCUT2D eigenvalue weighted by Gasteiger charge is -1.97. The van der Waals surface area contributed by atoms with Gasteiger partial charge in [0.25, 0.3) is 0 Å². The average molecular weight is 196 g/mol. The molecule has 0 atom stereocenters. The van der Waals surface area contributed by atoms with Crippen LogP contribution >= 0.6 is 11.8 Å². The highest BCUT2D eigenvalue weighted by atomic mass is 32.2. The first-order valence-corrected chi connectivity index (χ1v) is 5.14. The first-order valence-electron chi connectivity index (χ1n) is 4.16. The number of carbonyl (C=O) groups is 1. The molecule has 0 aliphatic rings. The zero-order valence-electron chi connectivity index (χ0n) is 8.46. The third-order valence-corrected chi connectivity index (χ3v) is 2.22. The summed E-state index contributed by atoms with van der Waals surface area (Å²) in [5, 5.41) is 0.143. The predicted octanol–water partition coefficient (Wildman–Crippen LogP) is 3.34. The van der Waals surface area contributed by atoms with Crippen LogP contribution in [0.25, 0.3) is 0 Å². The molecule has 0 aliphatic carbocycles. The molecule has 0 fully saturated rings. The van der Waals surface area contributed by atoms with Gasteiger partial charge in [0.2, 0.25) is 0 Å². The Kier molecular flexibility index (Phi) is 6.33. The van der Waals surface area contributed by atoms with Gasteiger partial charge in [-0.2, -0.15) is 0 Å².